The molecule has 0 saturated heterocycles. The number of sulfonamides is 1. The molecule has 40 heavy (non-hydrogen) atoms. The van der Waals surface area contributed by atoms with E-state index in [4.69, 9.17) is 16.3 Å². The Bertz CT molecular complexity index is 1450. The number of benzene rings is 3. The minimum absolute atomic E-state index is 0.0199. The summed E-state index contributed by atoms with van der Waals surface area (Å²) in [5.41, 5.74) is 1.57. The summed E-state index contributed by atoms with van der Waals surface area (Å²) in [5, 5.41) is 2.94. The van der Waals surface area contributed by atoms with E-state index in [0.29, 0.717) is 11.3 Å². The number of anilines is 1. The van der Waals surface area contributed by atoms with E-state index < -0.39 is 40.2 Å². The van der Waals surface area contributed by atoms with Gasteiger partial charge in [-0.1, -0.05) is 41.4 Å². The van der Waals surface area contributed by atoms with Crippen molar-refractivity contribution in [1.82, 2.24) is 10.2 Å². The van der Waals surface area contributed by atoms with Gasteiger partial charge in [0.05, 0.1) is 22.7 Å². The summed E-state index contributed by atoms with van der Waals surface area (Å²) in [6.45, 7) is 6.30. The number of hydrogen-bond donors (Lipinski definition) is 1. The van der Waals surface area contributed by atoms with Crippen molar-refractivity contribution < 1.29 is 27.1 Å². The van der Waals surface area contributed by atoms with Gasteiger partial charge in [0.1, 0.15) is 24.2 Å². The van der Waals surface area contributed by atoms with Gasteiger partial charge in [-0.25, -0.2) is 12.8 Å². The highest BCUT2D eigenvalue weighted by Crippen LogP contribution is 2.32. The highest BCUT2D eigenvalue weighted by Gasteiger charge is 2.33. The minimum atomic E-state index is -4.24. The smallest absolute Gasteiger partial charge is 0.264 e. The molecule has 0 radical (unpaired) electrons. The molecule has 0 bridgehead atoms. The fourth-order valence-corrected chi connectivity index (χ4v) is 5.61. The Morgan fingerprint density at radius 1 is 1.00 bits per heavy atom. The SMILES string of the molecule is COc1ccc(N(CC(=O)N(Cc2ccc(F)cc2)C(C)C(=O)NC(C)C)S(=O)(=O)c2ccc(C)cc2)cc1Cl. The van der Waals surface area contributed by atoms with Crippen LogP contribution in [0.4, 0.5) is 10.1 Å². The molecule has 0 aromatic heterocycles. The molecule has 0 spiro atoms. The number of carbonyl (C=O) groups is 2. The molecule has 0 aliphatic heterocycles. The maximum atomic E-state index is 13.9. The number of nitrogens with one attached hydrogen (secondary N) is 1. The number of rotatable bonds is 11. The van der Waals surface area contributed by atoms with Crippen molar-refractivity contribution in [2.24, 2.45) is 0 Å². The van der Waals surface area contributed by atoms with Crippen LogP contribution in [0.1, 0.15) is 31.9 Å². The molecular weight excluding hydrogens is 557 g/mol. The van der Waals surface area contributed by atoms with Crippen LogP contribution in [0.25, 0.3) is 0 Å². The first-order valence-corrected chi connectivity index (χ1v) is 14.4. The Labute approximate surface area is 239 Å². The molecule has 3 aromatic carbocycles. The summed E-state index contributed by atoms with van der Waals surface area (Å²) in [6.07, 6.45) is 0. The predicted octanol–water partition coefficient (Wildman–Crippen LogP) is 4.93. The van der Waals surface area contributed by atoms with Gasteiger partial charge in [0, 0.05) is 12.6 Å². The molecule has 1 atom stereocenters. The number of nitrogens with zero attached hydrogens (tertiary/aromatic N) is 2. The first-order chi connectivity index (χ1) is 18.8. The molecule has 0 aliphatic carbocycles. The van der Waals surface area contributed by atoms with E-state index >= 15 is 0 Å². The quantitative estimate of drug-likeness (QED) is 0.342. The zero-order chi connectivity index (χ0) is 29.6. The topological polar surface area (TPSA) is 96.0 Å². The molecule has 0 heterocycles. The zero-order valence-corrected chi connectivity index (χ0v) is 24.6. The van der Waals surface area contributed by atoms with E-state index in [-0.39, 0.29) is 28.2 Å². The maximum absolute atomic E-state index is 13.9. The summed E-state index contributed by atoms with van der Waals surface area (Å²) in [5.74, 6) is -1.16. The average Bonchev–Trinajstić information content (AvgIpc) is 2.90. The Hall–Kier alpha value is -3.63. The highest BCUT2D eigenvalue weighted by molar-refractivity contribution is 7.92. The zero-order valence-electron chi connectivity index (χ0n) is 23.0. The average molecular weight is 590 g/mol. The van der Waals surface area contributed by atoms with Gasteiger partial charge in [-0.2, -0.15) is 0 Å². The van der Waals surface area contributed by atoms with Crippen LogP contribution in [0.5, 0.6) is 5.75 Å². The Morgan fingerprint density at radius 3 is 2.17 bits per heavy atom. The molecule has 0 fully saturated rings. The first kappa shape index (κ1) is 30.9. The number of methoxy groups -OCH3 is 1. The van der Waals surface area contributed by atoms with Gasteiger partial charge in [0.25, 0.3) is 10.0 Å². The predicted molar refractivity (Wildman–Crippen MR) is 153 cm³/mol. The van der Waals surface area contributed by atoms with Crippen molar-refractivity contribution in [3.63, 3.8) is 0 Å². The molecule has 2 amide bonds. The Kier molecular flexibility index (Phi) is 10.2. The lowest BCUT2D eigenvalue weighted by Gasteiger charge is -2.32. The van der Waals surface area contributed by atoms with Crippen LogP contribution in [0.2, 0.25) is 5.02 Å². The molecule has 1 N–H and O–H groups in total. The van der Waals surface area contributed by atoms with E-state index in [1.165, 1.54) is 66.6 Å². The van der Waals surface area contributed by atoms with E-state index in [9.17, 15) is 22.4 Å². The van der Waals surface area contributed by atoms with Crippen molar-refractivity contribution in [3.05, 3.63) is 88.7 Å². The van der Waals surface area contributed by atoms with Crippen molar-refractivity contribution in [1.29, 1.82) is 0 Å². The van der Waals surface area contributed by atoms with E-state index in [0.717, 1.165) is 9.87 Å². The van der Waals surface area contributed by atoms with Crippen LogP contribution in [-0.4, -0.2) is 50.9 Å². The molecule has 8 nitrogen and oxygen atoms in total. The van der Waals surface area contributed by atoms with Crippen molar-refractivity contribution in [2.75, 3.05) is 18.0 Å². The standard InChI is InChI=1S/C29H33ClFN3O5S/c1-19(2)32-29(36)21(4)33(17-22-8-10-23(31)11-9-22)28(35)18-34(24-12-15-27(39-5)26(30)16-24)40(37,38)25-13-6-20(3)7-14-25/h6-16,19,21H,17-18H2,1-5H3,(H,32,36). The second kappa shape index (κ2) is 13.1. The van der Waals surface area contributed by atoms with Crippen LogP contribution < -0.4 is 14.4 Å². The Balaban J connectivity index is 2.06. The van der Waals surface area contributed by atoms with Crippen LogP contribution >= 0.6 is 11.6 Å². The van der Waals surface area contributed by atoms with Crippen LogP contribution in [-0.2, 0) is 26.2 Å². The number of halogens is 2. The summed E-state index contributed by atoms with van der Waals surface area (Å²) >= 11 is 6.32. The minimum Gasteiger partial charge on any atom is -0.495 e. The van der Waals surface area contributed by atoms with Crippen molar-refractivity contribution in [3.8, 4) is 5.75 Å². The third kappa shape index (κ3) is 7.51. The summed E-state index contributed by atoms with van der Waals surface area (Å²) in [7, 11) is -2.81. The number of carbonyl (C=O) groups excluding carboxylic acids is 2. The molecule has 3 rings (SSSR count). The summed E-state index contributed by atoms with van der Waals surface area (Å²) in [6, 6.07) is 15.0. The lowest BCUT2D eigenvalue weighted by molar-refractivity contribution is -0.139. The molecule has 11 heteroatoms. The number of amides is 2. The van der Waals surface area contributed by atoms with Crippen LogP contribution in [0, 0.1) is 12.7 Å². The van der Waals surface area contributed by atoms with Gasteiger partial charge in [0.15, 0.2) is 0 Å². The number of aryl methyl sites for hydroxylation is 1. The molecule has 0 aliphatic rings. The molecule has 1 unspecified atom stereocenters. The van der Waals surface area contributed by atoms with Crippen LogP contribution in [0.15, 0.2) is 71.6 Å². The molecule has 214 valence electrons. The third-order valence-corrected chi connectivity index (χ3v) is 8.26. The maximum Gasteiger partial charge on any atom is 0.264 e. The van der Waals surface area contributed by atoms with Gasteiger partial charge in [-0.05, 0) is 75.7 Å². The lowest BCUT2D eigenvalue weighted by Crippen LogP contribution is -2.52. The van der Waals surface area contributed by atoms with Gasteiger partial charge < -0.3 is 15.0 Å². The molecular formula is C29H33ClFN3O5S. The number of hydrogen-bond acceptors (Lipinski definition) is 5. The van der Waals surface area contributed by atoms with E-state index in [1.807, 2.05) is 6.92 Å². The van der Waals surface area contributed by atoms with E-state index in [2.05, 4.69) is 5.32 Å². The second-order valence-corrected chi connectivity index (χ2v) is 11.9. The van der Waals surface area contributed by atoms with Gasteiger partial charge in [0.2, 0.25) is 11.8 Å². The largest absolute Gasteiger partial charge is 0.495 e. The molecule has 0 saturated carbocycles. The normalized spacial score (nSPS) is 12.1. The lowest BCUT2D eigenvalue weighted by atomic mass is 10.1. The summed E-state index contributed by atoms with van der Waals surface area (Å²) < 4.78 is 47.4. The third-order valence-electron chi connectivity index (χ3n) is 6.18. The first-order valence-electron chi connectivity index (χ1n) is 12.6. The second-order valence-electron chi connectivity index (χ2n) is 9.63. The Morgan fingerprint density at radius 2 is 1.62 bits per heavy atom. The highest BCUT2D eigenvalue weighted by atomic mass is 35.5. The van der Waals surface area contributed by atoms with Gasteiger partial charge in [-0.15, -0.1) is 0 Å². The van der Waals surface area contributed by atoms with E-state index in [1.54, 1.807) is 32.9 Å². The van der Waals surface area contributed by atoms with Crippen molar-refractivity contribution in [2.45, 2.75) is 51.2 Å². The van der Waals surface area contributed by atoms with Crippen LogP contribution in [0.3, 0.4) is 0 Å². The molecule has 3 aromatic rings. The van der Waals surface area contributed by atoms with Gasteiger partial charge in [-0.3, -0.25) is 13.9 Å². The number of ether oxygens (including phenoxy) is 1. The fraction of sp³-hybridized carbons (Fsp3) is 0.310. The summed E-state index contributed by atoms with van der Waals surface area (Å²) in [4.78, 5) is 28.1. The van der Waals surface area contributed by atoms with Crippen molar-refractivity contribution >= 4 is 39.1 Å². The monoisotopic (exact) mass is 589 g/mol. The fourth-order valence-electron chi connectivity index (χ4n) is 3.95. The van der Waals surface area contributed by atoms with Gasteiger partial charge >= 0.3 is 0 Å².